The van der Waals surface area contributed by atoms with Crippen LogP contribution in [0.25, 0.3) is 0 Å². The summed E-state index contributed by atoms with van der Waals surface area (Å²) in [5, 5.41) is 5.82. The normalized spacial score (nSPS) is 17.6. The quantitative estimate of drug-likeness (QED) is 0.391. The lowest BCUT2D eigenvalue weighted by atomic mass is 9.86. The number of carbonyl (C=O) groups is 4. The summed E-state index contributed by atoms with van der Waals surface area (Å²) in [6.45, 7) is 5.15. The van der Waals surface area contributed by atoms with Gasteiger partial charge in [0, 0.05) is 24.1 Å². The molecule has 9 heteroatoms. The van der Waals surface area contributed by atoms with Crippen LogP contribution in [0.3, 0.4) is 0 Å². The lowest BCUT2D eigenvalue weighted by Gasteiger charge is -2.44. The van der Waals surface area contributed by atoms with E-state index in [-0.39, 0.29) is 30.8 Å². The van der Waals surface area contributed by atoms with Crippen LogP contribution in [0, 0.1) is 12.3 Å². The van der Waals surface area contributed by atoms with Gasteiger partial charge in [-0.3, -0.25) is 14.4 Å². The molecule has 9 nitrogen and oxygen atoms in total. The van der Waals surface area contributed by atoms with Crippen molar-refractivity contribution in [1.29, 1.82) is 0 Å². The maximum atomic E-state index is 14.3. The zero-order valence-electron chi connectivity index (χ0n) is 23.3. The monoisotopic (exact) mass is 538 g/mol. The molecule has 0 aromatic heterocycles. The molecule has 0 saturated heterocycles. The van der Waals surface area contributed by atoms with Crippen molar-refractivity contribution in [2.24, 2.45) is 5.73 Å². The van der Waals surface area contributed by atoms with Gasteiger partial charge < -0.3 is 26.0 Å². The Morgan fingerprint density at radius 2 is 1.74 bits per heavy atom. The van der Waals surface area contributed by atoms with Crippen LogP contribution in [0.1, 0.15) is 102 Å². The molecule has 2 atom stereocenters. The van der Waals surface area contributed by atoms with Gasteiger partial charge in [-0.1, -0.05) is 43.4 Å². The van der Waals surface area contributed by atoms with Gasteiger partial charge in [-0.2, -0.15) is 0 Å². The second-order valence-corrected chi connectivity index (χ2v) is 11.5. The van der Waals surface area contributed by atoms with E-state index in [1.165, 1.54) is 0 Å². The van der Waals surface area contributed by atoms with E-state index in [0.29, 0.717) is 24.0 Å². The molecule has 1 aromatic carbocycles. The average molecular weight is 539 g/mol. The fraction of sp³-hybridized carbons (Fsp3) is 0.600. The van der Waals surface area contributed by atoms with Crippen molar-refractivity contribution in [3.8, 4) is 12.3 Å². The number of ether oxygens (including phenoxy) is 1. The molecule has 2 saturated carbocycles. The van der Waals surface area contributed by atoms with Gasteiger partial charge in [-0.25, -0.2) is 4.79 Å². The van der Waals surface area contributed by atoms with Crippen molar-refractivity contribution < 1.29 is 23.9 Å². The van der Waals surface area contributed by atoms with Gasteiger partial charge in [0.15, 0.2) is 0 Å². The van der Waals surface area contributed by atoms with Crippen LogP contribution in [0.15, 0.2) is 24.3 Å². The van der Waals surface area contributed by atoms with E-state index in [1.54, 1.807) is 49.9 Å². The fourth-order valence-electron chi connectivity index (χ4n) is 5.17. The van der Waals surface area contributed by atoms with Crippen molar-refractivity contribution in [3.63, 3.8) is 0 Å². The van der Waals surface area contributed by atoms with Gasteiger partial charge in [0.05, 0.1) is 0 Å². The summed E-state index contributed by atoms with van der Waals surface area (Å²) >= 11 is 0. The first-order valence-electron chi connectivity index (χ1n) is 14.0. The van der Waals surface area contributed by atoms with E-state index in [1.807, 2.05) is 0 Å². The second kappa shape index (κ2) is 13.5. The molecule has 1 aromatic rings. The largest absolute Gasteiger partial charge is 0.444 e. The van der Waals surface area contributed by atoms with Crippen molar-refractivity contribution in [3.05, 3.63) is 35.4 Å². The molecule has 0 spiro atoms. The Bertz CT molecular complexity index is 1080. The van der Waals surface area contributed by atoms with E-state index in [4.69, 9.17) is 16.9 Å². The maximum Gasteiger partial charge on any atom is 0.408 e. The summed E-state index contributed by atoms with van der Waals surface area (Å²) in [6, 6.07) is 4.82. The van der Waals surface area contributed by atoms with Crippen LogP contribution < -0.4 is 16.4 Å². The van der Waals surface area contributed by atoms with Crippen molar-refractivity contribution in [1.82, 2.24) is 15.5 Å². The van der Waals surface area contributed by atoms with E-state index in [0.717, 1.165) is 38.5 Å². The fourth-order valence-corrected chi connectivity index (χ4v) is 5.17. The van der Waals surface area contributed by atoms with Gasteiger partial charge in [-0.05, 0) is 70.9 Å². The third-order valence-electron chi connectivity index (χ3n) is 7.28. The molecular formula is C30H42N4O5. The smallest absolute Gasteiger partial charge is 0.408 e. The van der Waals surface area contributed by atoms with Crippen LogP contribution in [0.5, 0.6) is 0 Å². The van der Waals surface area contributed by atoms with Crippen LogP contribution in [-0.4, -0.2) is 52.4 Å². The minimum atomic E-state index is -1.11. The summed E-state index contributed by atoms with van der Waals surface area (Å²) in [5.74, 6) is 1.30. The summed E-state index contributed by atoms with van der Waals surface area (Å²) in [7, 11) is 0. The van der Waals surface area contributed by atoms with Crippen LogP contribution in [-0.2, 0) is 19.1 Å². The molecule has 0 heterocycles. The number of amides is 4. The van der Waals surface area contributed by atoms with Gasteiger partial charge in [-0.15, -0.1) is 6.42 Å². The highest BCUT2D eigenvalue weighted by Crippen LogP contribution is 2.35. The molecule has 2 aliphatic rings. The molecule has 2 aliphatic carbocycles. The third-order valence-corrected chi connectivity index (χ3v) is 7.28. The Labute approximate surface area is 231 Å². The predicted octanol–water partition coefficient (Wildman–Crippen LogP) is 3.70. The molecule has 2 fully saturated rings. The highest BCUT2D eigenvalue weighted by Gasteiger charge is 2.43. The molecule has 212 valence electrons. The van der Waals surface area contributed by atoms with E-state index in [9.17, 15) is 19.2 Å². The second-order valence-electron chi connectivity index (χ2n) is 11.5. The van der Waals surface area contributed by atoms with E-state index in [2.05, 4.69) is 16.6 Å². The summed E-state index contributed by atoms with van der Waals surface area (Å²) < 4.78 is 5.39. The lowest BCUT2D eigenvalue weighted by Crippen LogP contribution is -2.58. The Morgan fingerprint density at radius 3 is 2.31 bits per heavy atom. The van der Waals surface area contributed by atoms with Crippen LogP contribution >= 0.6 is 0 Å². The first-order valence-corrected chi connectivity index (χ1v) is 14.0. The summed E-state index contributed by atoms with van der Waals surface area (Å²) in [4.78, 5) is 54.2. The number of alkyl carbamates (subject to hydrolysis) is 1. The Kier molecular flexibility index (Phi) is 10.4. The highest BCUT2D eigenvalue weighted by atomic mass is 16.6. The number of rotatable bonds is 10. The first-order chi connectivity index (χ1) is 18.5. The van der Waals surface area contributed by atoms with Crippen molar-refractivity contribution in [2.75, 3.05) is 0 Å². The minimum Gasteiger partial charge on any atom is -0.444 e. The number of nitrogens with one attached hydrogen (secondary N) is 2. The molecular weight excluding hydrogens is 496 g/mol. The Hall–Kier alpha value is -3.54. The number of nitrogens with zero attached hydrogens (tertiary/aromatic N) is 1. The Balaban J connectivity index is 2.01. The third kappa shape index (κ3) is 8.47. The average Bonchev–Trinajstić information content (AvgIpc) is 2.84. The maximum absolute atomic E-state index is 14.3. The van der Waals surface area contributed by atoms with Crippen molar-refractivity contribution >= 4 is 23.8 Å². The number of primary amides is 1. The SMILES string of the molecule is C#Cc1ccccc1C(C(=O)NC1CCCCC1)N(C(=O)C(CCC(N)=O)NC(=O)OC(C)(C)C)C1CCC1. The summed E-state index contributed by atoms with van der Waals surface area (Å²) in [6.07, 6.45) is 12.2. The zero-order chi connectivity index (χ0) is 28.6. The zero-order valence-corrected chi connectivity index (χ0v) is 23.3. The first kappa shape index (κ1) is 30.0. The van der Waals surface area contributed by atoms with Gasteiger partial charge in [0.2, 0.25) is 17.7 Å². The van der Waals surface area contributed by atoms with Crippen molar-refractivity contribution in [2.45, 2.75) is 115 Å². The highest BCUT2D eigenvalue weighted by molar-refractivity contribution is 5.93. The number of hydrogen-bond donors (Lipinski definition) is 3. The Morgan fingerprint density at radius 1 is 1.08 bits per heavy atom. The minimum absolute atomic E-state index is 0.0234. The van der Waals surface area contributed by atoms with Gasteiger partial charge in [0.1, 0.15) is 17.7 Å². The molecule has 0 aliphatic heterocycles. The molecule has 4 amide bonds. The van der Waals surface area contributed by atoms with Gasteiger partial charge >= 0.3 is 6.09 Å². The number of carbonyl (C=O) groups excluding carboxylic acids is 4. The van der Waals surface area contributed by atoms with E-state index < -0.39 is 35.6 Å². The number of hydrogen-bond acceptors (Lipinski definition) is 5. The molecule has 39 heavy (non-hydrogen) atoms. The molecule has 0 radical (unpaired) electrons. The molecule has 2 unspecified atom stereocenters. The number of nitrogens with two attached hydrogens (primary N) is 1. The number of terminal acetylenes is 1. The van der Waals surface area contributed by atoms with Crippen LogP contribution in [0.2, 0.25) is 0 Å². The molecule has 3 rings (SSSR count). The predicted molar refractivity (Wildman–Crippen MR) is 148 cm³/mol. The van der Waals surface area contributed by atoms with Gasteiger partial charge in [0.25, 0.3) is 0 Å². The standard InChI is InChI=1S/C30H42N4O5/c1-5-20-12-9-10-17-23(20)26(27(36)32-21-13-7-6-8-14-21)34(22-15-11-16-22)28(37)24(18-19-25(31)35)33-29(38)39-30(2,3)4/h1,9-10,12,17,21-22,24,26H,6-8,11,13-16,18-19H2,2-4H3,(H2,31,35)(H,32,36)(H,33,38). The van der Waals surface area contributed by atoms with Crippen LogP contribution in [0.4, 0.5) is 4.79 Å². The topological polar surface area (TPSA) is 131 Å². The lowest BCUT2D eigenvalue weighted by molar-refractivity contribution is -0.148. The molecule has 0 bridgehead atoms. The summed E-state index contributed by atoms with van der Waals surface area (Å²) in [5.41, 5.74) is 5.68. The molecule has 4 N–H and O–H groups in total. The number of benzene rings is 1. The van der Waals surface area contributed by atoms with E-state index >= 15 is 0 Å².